The van der Waals surface area contributed by atoms with Crippen LogP contribution < -0.4 is 0 Å². The van der Waals surface area contributed by atoms with Gasteiger partial charge in [0.25, 0.3) is 0 Å². The molecule has 0 radical (unpaired) electrons. The van der Waals surface area contributed by atoms with Crippen LogP contribution in [0, 0.1) is 6.92 Å². The summed E-state index contributed by atoms with van der Waals surface area (Å²) in [5.74, 6) is 0.541. The topological polar surface area (TPSA) is 12.9 Å². The summed E-state index contributed by atoms with van der Waals surface area (Å²) >= 11 is 1.60. The predicted molar refractivity (Wildman–Crippen MR) is 66.4 cm³/mol. The van der Waals surface area contributed by atoms with Gasteiger partial charge in [-0.25, -0.2) is 0 Å². The highest BCUT2D eigenvalue weighted by molar-refractivity contribution is 7.06. The van der Waals surface area contributed by atoms with Crippen LogP contribution in [0.4, 0.5) is 0 Å². The van der Waals surface area contributed by atoms with Crippen molar-refractivity contribution >= 4 is 11.5 Å². The van der Waals surface area contributed by atoms with Crippen molar-refractivity contribution < 1.29 is 0 Å². The molecule has 0 unspecified atom stereocenters. The first-order valence-electron chi connectivity index (χ1n) is 5.21. The average molecular weight is 217 g/mol. The lowest BCUT2D eigenvalue weighted by Gasteiger charge is -2.07. The lowest BCUT2D eigenvalue weighted by atomic mass is 9.98. The van der Waals surface area contributed by atoms with Gasteiger partial charge in [0.1, 0.15) is 0 Å². The van der Waals surface area contributed by atoms with Gasteiger partial charge in [0.2, 0.25) is 0 Å². The Bertz CT molecular complexity index is 443. The van der Waals surface area contributed by atoms with E-state index < -0.39 is 0 Å². The first kappa shape index (κ1) is 10.4. The van der Waals surface area contributed by atoms with E-state index in [1.165, 1.54) is 16.0 Å². The summed E-state index contributed by atoms with van der Waals surface area (Å²) in [6.07, 6.45) is 0. The molecule has 0 aliphatic heterocycles. The summed E-state index contributed by atoms with van der Waals surface area (Å²) in [6, 6.07) is 10.4. The molecule has 1 nitrogen and oxygen atoms in total. The van der Waals surface area contributed by atoms with Gasteiger partial charge in [-0.05, 0) is 29.9 Å². The minimum Gasteiger partial charge on any atom is -0.192 e. The fraction of sp³-hybridized carbons (Fsp3) is 0.308. The zero-order valence-corrected chi connectivity index (χ0v) is 10.1. The van der Waals surface area contributed by atoms with Gasteiger partial charge in [-0.15, -0.1) is 0 Å². The molecule has 0 aliphatic rings. The second-order valence-electron chi connectivity index (χ2n) is 4.02. The minimum atomic E-state index is 0.541. The van der Waals surface area contributed by atoms with Crippen LogP contribution >= 0.6 is 11.5 Å². The fourth-order valence-electron chi connectivity index (χ4n) is 1.86. The van der Waals surface area contributed by atoms with E-state index in [0.29, 0.717) is 5.92 Å². The second-order valence-corrected chi connectivity index (χ2v) is 5.00. The van der Waals surface area contributed by atoms with Crippen LogP contribution in [0.5, 0.6) is 0 Å². The Morgan fingerprint density at radius 2 is 1.80 bits per heavy atom. The average Bonchev–Trinajstić information content (AvgIpc) is 2.61. The van der Waals surface area contributed by atoms with Crippen LogP contribution in [-0.4, -0.2) is 4.37 Å². The maximum absolute atomic E-state index is 4.55. The number of rotatable bonds is 2. The number of hydrogen-bond donors (Lipinski definition) is 0. The molecule has 0 aliphatic carbocycles. The summed E-state index contributed by atoms with van der Waals surface area (Å²) in [4.78, 5) is 1.34. The summed E-state index contributed by atoms with van der Waals surface area (Å²) in [5.41, 5.74) is 3.78. The lowest BCUT2D eigenvalue weighted by molar-refractivity contribution is 0.864. The van der Waals surface area contributed by atoms with Crippen LogP contribution in [0.15, 0.2) is 30.3 Å². The van der Waals surface area contributed by atoms with Gasteiger partial charge in [-0.3, -0.25) is 0 Å². The first-order chi connectivity index (χ1) is 7.20. The molecule has 1 heterocycles. The van der Waals surface area contributed by atoms with Crippen molar-refractivity contribution in [3.05, 3.63) is 40.8 Å². The van der Waals surface area contributed by atoms with Gasteiger partial charge in [0.05, 0.1) is 5.69 Å². The van der Waals surface area contributed by atoms with Gasteiger partial charge in [0.15, 0.2) is 0 Å². The van der Waals surface area contributed by atoms with E-state index in [1.54, 1.807) is 11.5 Å². The van der Waals surface area contributed by atoms with E-state index in [-0.39, 0.29) is 0 Å². The molecule has 0 N–H and O–H groups in total. The van der Waals surface area contributed by atoms with Gasteiger partial charge in [-0.1, -0.05) is 44.2 Å². The molecule has 1 aromatic heterocycles. The van der Waals surface area contributed by atoms with E-state index in [9.17, 15) is 0 Å². The van der Waals surface area contributed by atoms with Crippen molar-refractivity contribution in [1.29, 1.82) is 0 Å². The Morgan fingerprint density at radius 1 is 1.13 bits per heavy atom. The van der Waals surface area contributed by atoms with Crippen LogP contribution in [0.2, 0.25) is 0 Å². The van der Waals surface area contributed by atoms with Crippen LogP contribution in [0.3, 0.4) is 0 Å². The van der Waals surface area contributed by atoms with Gasteiger partial charge < -0.3 is 0 Å². The standard InChI is InChI=1S/C13H15NS/c1-9(2)12-10(3)15-14-13(12)11-7-5-4-6-8-11/h4-9H,1-3H3. The van der Waals surface area contributed by atoms with E-state index in [2.05, 4.69) is 49.4 Å². The van der Waals surface area contributed by atoms with E-state index >= 15 is 0 Å². The normalized spacial score (nSPS) is 10.9. The predicted octanol–water partition coefficient (Wildman–Crippen LogP) is 4.24. The number of aryl methyl sites for hydroxylation is 1. The molecular formula is C13H15NS. The minimum absolute atomic E-state index is 0.541. The maximum Gasteiger partial charge on any atom is 0.0877 e. The smallest absolute Gasteiger partial charge is 0.0877 e. The van der Waals surface area contributed by atoms with Crippen molar-refractivity contribution in [3.8, 4) is 11.3 Å². The fourth-order valence-corrected chi connectivity index (χ4v) is 2.73. The van der Waals surface area contributed by atoms with E-state index in [0.717, 1.165) is 5.69 Å². The number of nitrogens with zero attached hydrogens (tertiary/aromatic N) is 1. The monoisotopic (exact) mass is 217 g/mol. The Hall–Kier alpha value is -1.15. The van der Waals surface area contributed by atoms with Crippen molar-refractivity contribution in [3.63, 3.8) is 0 Å². The van der Waals surface area contributed by atoms with Crippen molar-refractivity contribution in [2.24, 2.45) is 0 Å². The Balaban J connectivity index is 2.54. The maximum atomic E-state index is 4.55. The Morgan fingerprint density at radius 3 is 2.40 bits per heavy atom. The van der Waals surface area contributed by atoms with Crippen molar-refractivity contribution in [1.82, 2.24) is 4.37 Å². The van der Waals surface area contributed by atoms with Gasteiger partial charge in [0, 0.05) is 10.4 Å². The van der Waals surface area contributed by atoms with Crippen LogP contribution in [0.1, 0.15) is 30.2 Å². The first-order valence-corrected chi connectivity index (χ1v) is 5.99. The van der Waals surface area contributed by atoms with Crippen molar-refractivity contribution in [2.75, 3.05) is 0 Å². The summed E-state index contributed by atoms with van der Waals surface area (Å²) in [6.45, 7) is 6.60. The molecule has 0 spiro atoms. The van der Waals surface area contributed by atoms with Gasteiger partial charge >= 0.3 is 0 Å². The second kappa shape index (κ2) is 4.15. The molecule has 0 atom stereocenters. The third-order valence-corrected chi connectivity index (χ3v) is 3.30. The van der Waals surface area contributed by atoms with Gasteiger partial charge in [-0.2, -0.15) is 4.37 Å². The molecule has 78 valence electrons. The Labute approximate surface area is 94.9 Å². The van der Waals surface area contributed by atoms with Crippen LogP contribution in [-0.2, 0) is 0 Å². The zero-order chi connectivity index (χ0) is 10.8. The molecule has 2 heteroatoms. The quantitative estimate of drug-likeness (QED) is 0.733. The highest BCUT2D eigenvalue weighted by Crippen LogP contribution is 2.32. The molecule has 0 bridgehead atoms. The summed E-state index contributed by atoms with van der Waals surface area (Å²) < 4.78 is 4.55. The highest BCUT2D eigenvalue weighted by Gasteiger charge is 2.14. The van der Waals surface area contributed by atoms with Crippen LogP contribution in [0.25, 0.3) is 11.3 Å². The summed E-state index contributed by atoms with van der Waals surface area (Å²) in [5, 5.41) is 0. The molecule has 0 saturated heterocycles. The molecule has 15 heavy (non-hydrogen) atoms. The largest absolute Gasteiger partial charge is 0.192 e. The zero-order valence-electron chi connectivity index (χ0n) is 9.32. The third kappa shape index (κ3) is 1.95. The Kier molecular flexibility index (Phi) is 2.87. The molecule has 2 aromatic rings. The third-order valence-electron chi connectivity index (χ3n) is 2.53. The molecule has 1 aromatic carbocycles. The van der Waals surface area contributed by atoms with E-state index in [4.69, 9.17) is 0 Å². The number of hydrogen-bond acceptors (Lipinski definition) is 2. The lowest BCUT2D eigenvalue weighted by Crippen LogP contribution is -1.91. The number of benzene rings is 1. The molecule has 0 fully saturated rings. The molecule has 0 amide bonds. The molecule has 2 rings (SSSR count). The molecular weight excluding hydrogens is 202 g/mol. The van der Waals surface area contributed by atoms with Crippen molar-refractivity contribution in [2.45, 2.75) is 26.7 Å². The highest BCUT2D eigenvalue weighted by atomic mass is 32.1. The summed E-state index contributed by atoms with van der Waals surface area (Å²) in [7, 11) is 0. The van der Waals surface area contributed by atoms with E-state index in [1.807, 2.05) is 6.07 Å². The SMILES string of the molecule is Cc1snc(-c2ccccc2)c1C(C)C. The molecule has 0 saturated carbocycles. The number of aromatic nitrogens is 1.